The molecule has 0 spiro atoms. The van der Waals surface area contributed by atoms with Crippen LogP contribution < -0.4 is 9.64 Å². The van der Waals surface area contributed by atoms with Crippen LogP contribution >= 0.6 is 34.8 Å². The number of methoxy groups -OCH3 is 1. The molecule has 3 aromatic carbocycles. The fourth-order valence-corrected chi connectivity index (χ4v) is 4.28. The van der Waals surface area contributed by atoms with Crippen LogP contribution in [0.2, 0.25) is 0 Å². The van der Waals surface area contributed by atoms with Crippen LogP contribution in [0.4, 0.5) is 5.69 Å². The Balaban J connectivity index is 2.03. The monoisotopic (exact) mass is 429 g/mol. The maximum absolute atomic E-state index is 6.55. The predicted octanol–water partition coefficient (Wildman–Crippen LogP) is 7.12. The lowest BCUT2D eigenvalue weighted by Gasteiger charge is -2.43. The summed E-state index contributed by atoms with van der Waals surface area (Å²) < 4.78 is 4.07. The van der Waals surface area contributed by atoms with Crippen molar-refractivity contribution in [2.75, 3.05) is 12.0 Å². The highest BCUT2D eigenvalue weighted by Gasteiger charge is 2.44. The summed E-state index contributed by atoms with van der Waals surface area (Å²) in [4.78, 5) is 2.06. The third-order valence-electron chi connectivity index (χ3n) is 4.82. The van der Waals surface area contributed by atoms with Crippen LogP contribution in [0.1, 0.15) is 22.7 Å². The molecule has 1 atom stereocenters. The molecule has 5 heteroatoms. The van der Waals surface area contributed by atoms with Crippen molar-refractivity contribution in [1.82, 2.24) is 0 Å². The number of halogens is 3. The van der Waals surface area contributed by atoms with Gasteiger partial charge in [0, 0.05) is 5.70 Å². The lowest BCUT2D eigenvalue weighted by molar-refractivity contribution is 0.414. The highest BCUT2D eigenvalue weighted by atomic mass is 35.6. The number of nitrogens with zero attached hydrogens (tertiary/aromatic N) is 1. The number of hydrogen-bond acceptors (Lipinski definition) is 2. The van der Waals surface area contributed by atoms with Gasteiger partial charge in [-0.15, -0.1) is 0 Å². The van der Waals surface area contributed by atoms with E-state index in [4.69, 9.17) is 39.5 Å². The zero-order valence-corrected chi connectivity index (χ0v) is 17.4. The highest BCUT2D eigenvalue weighted by Crippen LogP contribution is 2.53. The first-order valence-electron chi connectivity index (χ1n) is 8.85. The molecule has 0 fully saturated rings. The van der Waals surface area contributed by atoms with E-state index in [-0.39, 0.29) is 0 Å². The topological polar surface area (TPSA) is 12.5 Å². The molecule has 2 nitrogen and oxygen atoms in total. The minimum atomic E-state index is -1.56. The average Bonchev–Trinajstić information content (AvgIpc) is 2.72. The summed E-state index contributed by atoms with van der Waals surface area (Å²) in [7, 11) is 1.65. The van der Waals surface area contributed by atoms with Crippen molar-refractivity contribution < 1.29 is 4.74 Å². The van der Waals surface area contributed by atoms with Crippen molar-refractivity contribution in [3.8, 4) is 5.75 Å². The number of anilines is 1. The Labute approximate surface area is 179 Å². The van der Waals surface area contributed by atoms with E-state index in [0.717, 1.165) is 28.1 Å². The van der Waals surface area contributed by atoms with Gasteiger partial charge in [0.2, 0.25) is 3.79 Å². The lowest BCUT2D eigenvalue weighted by Crippen LogP contribution is -2.38. The van der Waals surface area contributed by atoms with E-state index in [1.165, 1.54) is 0 Å². The fourth-order valence-electron chi connectivity index (χ4n) is 3.64. The predicted molar refractivity (Wildman–Crippen MR) is 119 cm³/mol. The van der Waals surface area contributed by atoms with Crippen molar-refractivity contribution in [1.29, 1.82) is 0 Å². The molecular weight excluding hydrogens is 413 g/mol. The number of hydrogen-bond donors (Lipinski definition) is 0. The molecule has 3 aromatic rings. The molecule has 1 unspecified atom stereocenters. The first kappa shape index (κ1) is 19.2. The Kier molecular flexibility index (Phi) is 5.29. The number of para-hydroxylation sites is 2. The summed E-state index contributed by atoms with van der Waals surface area (Å²) in [6.07, 6.45) is 2.13. The average molecular weight is 431 g/mol. The van der Waals surface area contributed by atoms with Gasteiger partial charge in [0.1, 0.15) is 11.8 Å². The zero-order chi connectivity index (χ0) is 19.7. The van der Waals surface area contributed by atoms with Gasteiger partial charge in [-0.2, -0.15) is 0 Å². The van der Waals surface area contributed by atoms with E-state index in [2.05, 4.69) is 23.1 Å². The molecule has 1 heterocycles. The SMILES string of the molecule is COc1ccccc1N1C(c2ccccc2)=Cc2ccccc2C1C(Cl)(Cl)Cl. The number of ether oxygens (including phenoxy) is 1. The van der Waals surface area contributed by atoms with Gasteiger partial charge in [-0.25, -0.2) is 0 Å². The first-order chi connectivity index (χ1) is 13.5. The zero-order valence-electron chi connectivity index (χ0n) is 15.1. The van der Waals surface area contributed by atoms with Crippen molar-refractivity contribution >= 4 is 52.3 Å². The molecule has 0 bridgehead atoms. The van der Waals surface area contributed by atoms with Crippen LogP contribution in [0.5, 0.6) is 5.75 Å². The summed E-state index contributed by atoms with van der Waals surface area (Å²) in [5.74, 6) is 0.711. The molecule has 0 N–H and O–H groups in total. The van der Waals surface area contributed by atoms with E-state index in [1.807, 2.05) is 66.7 Å². The molecule has 0 saturated carbocycles. The van der Waals surface area contributed by atoms with E-state index in [9.17, 15) is 0 Å². The molecule has 0 saturated heterocycles. The minimum Gasteiger partial charge on any atom is -0.495 e. The Morgan fingerprint density at radius 1 is 0.821 bits per heavy atom. The van der Waals surface area contributed by atoms with Gasteiger partial charge in [0.15, 0.2) is 0 Å². The summed E-state index contributed by atoms with van der Waals surface area (Å²) >= 11 is 19.7. The van der Waals surface area contributed by atoms with E-state index < -0.39 is 9.83 Å². The van der Waals surface area contributed by atoms with Crippen LogP contribution in [0.25, 0.3) is 11.8 Å². The molecule has 28 heavy (non-hydrogen) atoms. The fraction of sp³-hybridized carbons (Fsp3) is 0.130. The molecular formula is C23H18Cl3NO. The van der Waals surface area contributed by atoms with Crippen LogP contribution in [-0.2, 0) is 0 Å². The van der Waals surface area contributed by atoms with Crippen LogP contribution in [0.3, 0.4) is 0 Å². The highest BCUT2D eigenvalue weighted by molar-refractivity contribution is 6.68. The van der Waals surface area contributed by atoms with Gasteiger partial charge >= 0.3 is 0 Å². The molecule has 0 radical (unpaired) electrons. The molecule has 0 amide bonds. The van der Waals surface area contributed by atoms with Crippen molar-refractivity contribution in [2.24, 2.45) is 0 Å². The van der Waals surface area contributed by atoms with Crippen molar-refractivity contribution in [3.63, 3.8) is 0 Å². The van der Waals surface area contributed by atoms with Gasteiger partial charge in [-0.05, 0) is 34.9 Å². The normalized spacial score (nSPS) is 16.4. The van der Waals surface area contributed by atoms with Crippen molar-refractivity contribution in [3.05, 3.63) is 95.6 Å². The minimum absolute atomic E-state index is 0.523. The van der Waals surface area contributed by atoms with E-state index >= 15 is 0 Å². The lowest BCUT2D eigenvalue weighted by atomic mass is 9.91. The number of alkyl halides is 3. The Morgan fingerprint density at radius 3 is 2.18 bits per heavy atom. The summed E-state index contributed by atoms with van der Waals surface area (Å²) in [5.41, 5.74) is 4.80. The second-order valence-corrected chi connectivity index (χ2v) is 8.88. The van der Waals surface area contributed by atoms with E-state index in [1.54, 1.807) is 7.11 Å². The third-order valence-corrected chi connectivity index (χ3v) is 5.44. The van der Waals surface area contributed by atoms with Gasteiger partial charge < -0.3 is 9.64 Å². The second-order valence-electron chi connectivity index (χ2n) is 6.51. The maximum atomic E-state index is 6.55. The van der Waals surface area contributed by atoms with Crippen LogP contribution in [0.15, 0.2) is 78.9 Å². The van der Waals surface area contributed by atoms with Crippen LogP contribution in [0, 0.1) is 0 Å². The Morgan fingerprint density at radius 2 is 1.46 bits per heavy atom. The summed E-state index contributed by atoms with van der Waals surface area (Å²) in [6.45, 7) is 0. The third kappa shape index (κ3) is 3.48. The summed E-state index contributed by atoms with van der Waals surface area (Å²) in [5, 5.41) is 0. The molecule has 142 valence electrons. The molecule has 0 aromatic heterocycles. The largest absolute Gasteiger partial charge is 0.495 e. The second kappa shape index (κ2) is 7.71. The van der Waals surface area contributed by atoms with Crippen LogP contribution in [-0.4, -0.2) is 10.9 Å². The smallest absolute Gasteiger partial charge is 0.215 e. The van der Waals surface area contributed by atoms with Gasteiger partial charge in [0.25, 0.3) is 0 Å². The number of fused-ring (bicyclic) bond motifs is 1. The van der Waals surface area contributed by atoms with Gasteiger partial charge in [0.05, 0.1) is 12.8 Å². The molecule has 0 aliphatic carbocycles. The Hall–Kier alpha value is -2.13. The molecule has 1 aliphatic rings. The number of rotatable bonds is 3. The Bertz CT molecular complexity index is 1010. The first-order valence-corrected chi connectivity index (χ1v) is 9.99. The van der Waals surface area contributed by atoms with Gasteiger partial charge in [-0.1, -0.05) is 102 Å². The molecule has 4 rings (SSSR count). The van der Waals surface area contributed by atoms with E-state index in [0.29, 0.717) is 5.75 Å². The quantitative estimate of drug-likeness (QED) is 0.410. The number of benzene rings is 3. The summed E-state index contributed by atoms with van der Waals surface area (Å²) in [6, 6.07) is 25.3. The van der Waals surface area contributed by atoms with Crippen molar-refractivity contribution in [2.45, 2.75) is 9.83 Å². The molecule has 1 aliphatic heterocycles. The standard InChI is InChI=1S/C23H18Cl3NO/c1-28-21-14-8-7-13-19(21)27-20(16-9-3-2-4-10-16)15-17-11-5-6-12-18(17)22(27)23(24,25)26/h2-15,22H,1H3. The van der Waals surface area contributed by atoms with Gasteiger partial charge in [-0.3, -0.25) is 0 Å². The maximum Gasteiger partial charge on any atom is 0.215 e.